The summed E-state index contributed by atoms with van der Waals surface area (Å²) in [6.45, 7) is 2.40. The predicted octanol–water partition coefficient (Wildman–Crippen LogP) is 2.32. The van der Waals surface area contributed by atoms with E-state index >= 15 is 0 Å². The van der Waals surface area contributed by atoms with Crippen LogP contribution in [-0.4, -0.2) is 16.5 Å². The van der Waals surface area contributed by atoms with Crippen LogP contribution in [0.3, 0.4) is 0 Å². The van der Waals surface area contributed by atoms with E-state index < -0.39 is 16.6 Å². The number of hydrogen-bond acceptors (Lipinski definition) is 2. The Kier molecular flexibility index (Phi) is 5.38. The Balaban J connectivity index is 2.70. The molecule has 0 aliphatic heterocycles. The molecule has 0 saturated heterocycles. The lowest BCUT2D eigenvalue weighted by atomic mass is 10.2. The van der Waals surface area contributed by atoms with E-state index in [0.29, 0.717) is 22.9 Å². The molecule has 90 valence electrons. The fraction of sp³-hybridized carbons (Fsp3) is 0.455. The second kappa shape index (κ2) is 6.33. The molecule has 2 N–H and O–H groups in total. The van der Waals surface area contributed by atoms with Crippen molar-refractivity contribution in [3.63, 3.8) is 0 Å². The van der Waals surface area contributed by atoms with Crippen molar-refractivity contribution < 1.29 is 8.60 Å². The van der Waals surface area contributed by atoms with Gasteiger partial charge in [0.25, 0.3) is 0 Å². The maximum absolute atomic E-state index is 13.4. The fourth-order valence-electron chi connectivity index (χ4n) is 1.28. The van der Waals surface area contributed by atoms with Crippen molar-refractivity contribution in [2.75, 3.05) is 12.3 Å². The molecule has 0 aliphatic carbocycles. The Morgan fingerprint density at radius 3 is 2.81 bits per heavy atom. The number of halogens is 2. The molecule has 2 atom stereocenters. The van der Waals surface area contributed by atoms with Gasteiger partial charge in [-0.25, -0.2) is 4.39 Å². The van der Waals surface area contributed by atoms with Crippen molar-refractivity contribution in [1.29, 1.82) is 0 Å². The monoisotopic (exact) mass is 263 g/mol. The Morgan fingerprint density at radius 1 is 1.56 bits per heavy atom. The van der Waals surface area contributed by atoms with Crippen molar-refractivity contribution in [3.8, 4) is 0 Å². The van der Waals surface area contributed by atoms with Crippen molar-refractivity contribution in [3.05, 3.63) is 34.6 Å². The first-order chi connectivity index (χ1) is 7.54. The van der Waals surface area contributed by atoms with E-state index in [4.69, 9.17) is 17.3 Å². The van der Waals surface area contributed by atoms with Gasteiger partial charge >= 0.3 is 0 Å². The normalized spacial score (nSPS) is 14.8. The van der Waals surface area contributed by atoms with Crippen LogP contribution in [0.5, 0.6) is 0 Å². The molecule has 0 radical (unpaired) electrons. The molecular formula is C11H15ClFNOS. The molecule has 1 aromatic carbocycles. The van der Waals surface area contributed by atoms with Gasteiger partial charge in [0.15, 0.2) is 0 Å². The molecule has 0 fully saturated rings. The van der Waals surface area contributed by atoms with Crippen LogP contribution in [0.2, 0.25) is 5.02 Å². The van der Waals surface area contributed by atoms with Gasteiger partial charge in [0.1, 0.15) is 5.82 Å². The molecule has 1 rings (SSSR count). The van der Waals surface area contributed by atoms with E-state index in [1.54, 1.807) is 6.07 Å². The van der Waals surface area contributed by atoms with Crippen LogP contribution in [0.1, 0.15) is 12.5 Å². The molecule has 0 spiro atoms. The van der Waals surface area contributed by atoms with Gasteiger partial charge in [-0.2, -0.15) is 0 Å². The van der Waals surface area contributed by atoms with Crippen molar-refractivity contribution in [1.82, 2.24) is 0 Å². The number of benzene rings is 1. The van der Waals surface area contributed by atoms with Gasteiger partial charge in [0.05, 0.1) is 5.75 Å². The Labute approximate surface area is 102 Å². The maximum atomic E-state index is 13.4. The molecule has 2 unspecified atom stereocenters. The standard InChI is InChI=1S/C11H15ClFNOS/c1-8(5-14)6-16(15)7-9-10(12)3-2-4-11(9)13/h2-4,8H,5-7,14H2,1H3. The van der Waals surface area contributed by atoms with Crippen molar-refractivity contribution in [2.24, 2.45) is 11.7 Å². The molecule has 16 heavy (non-hydrogen) atoms. The van der Waals surface area contributed by atoms with Gasteiger partial charge in [-0.1, -0.05) is 24.6 Å². The van der Waals surface area contributed by atoms with Gasteiger partial charge in [0.2, 0.25) is 0 Å². The van der Waals surface area contributed by atoms with Crippen molar-refractivity contribution >= 4 is 22.4 Å². The third-order valence-corrected chi connectivity index (χ3v) is 4.15. The molecule has 0 heterocycles. The second-order valence-corrected chi connectivity index (χ2v) is 5.70. The van der Waals surface area contributed by atoms with E-state index in [9.17, 15) is 8.60 Å². The van der Waals surface area contributed by atoms with Gasteiger partial charge < -0.3 is 5.73 Å². The third kappa shape index (κ3) is 3.85. The summed E-state index contributed by atoms with van der Waals surface area (Å²) in [4.78, 5) is 0. The minimum atomic E-state index is -1.13. The van der Waals surface area contributed by atoms with Crippen LogP contribution < -0.4 is 5.73 Å². The first kappa shape index (κ1) is 13.6. The summed E-state index contributed by atoms with van der Waals surface area (Å²) in [5.41, 5.74) is 5.76. The van der Waals surface area contributed by atoms with E-state index in [1.165, 1.54) is 12.1 Å². The van der Waals surface area contributed by atoms with Gasteiger partial charge in [-0.05, 0) is 24.6 Å². The van der Waals surface area contributed by atoms with Crippen LogP contribution >= 0.6 is 11.6 Å². The zero-order valence-corrected chi connectivity index (χ0v) is 10.7. The highest BCUT2D eigenvalue weighted by Crippen LogP contribution is 2.20. The number of nitrogens with two attached hydrogens (primary N) is 1. The van der Waals surface area contributed by atoms with Gasteiger partial charge in [0, 0.05) is 27.1 Å². The Morgan fingerprint density at radius 2 is 2.25 bits per heavy atom. The SMILES string of the molecule is CC(CN)CS(=O)Cc1c(F)cccc1Cl. The minimum Gasteiger partial charge on any atom is -0.330 e. The van der Waals surface area contributed by atoms with Crippen molar-refractivity contribution in [2.45, 2.75) is 12.7 Å². The van der Waals surface area contributed by atoms with E-state index in [1.807, 2.05) is 6.92 Å². The fourth-order valence-corrected chi connectivity index (χ4v) is 3.09. The van der Waals surface area contributed by atoms with E-state index in [2.05, 4.69) is 0 Å². The topological polar surface area (TPSA) is 43.1 Å². The zero-order valence-electron chi connectivity index (χ0n) is 9.08. The summed E-state index contributed by atoms with van der Waals surface area (Å²) < 4.78 is 25.1. The summed E-state index contributed by atoms with van der Waals surface area (Å²) >= 11 is 5.84. The van der Waals surface area contributed by atoms with Crippen LogP contribution in [0.25, 0.3) is 0 Å². The predicted molar refractivity (Wildman–Crippen MR) is 66.3 cm³/mol. The largest absolute Gasteiger partial charge is 0.330 e. The summed E-state index contributed by atoms with van der Waals surface area (Å²) in [5, 5.41) is 0.328. The average Bonchev–Trinajstić information content (AvgIpc) is 2.23. The zero-order chi connectivity index (χ0) is 12.1. The summed E-state index contributed by atoms with van der Waals surface area (Å²) in [7, 11) is -1.13. The lowest BCUT2D eigenvalue weighted by Gasteiger charge is -2.09. The second-order valence-electron chi connectivity index (χ2n) is 3.79. The lowest BCUT2D eigenvalue weighted by Crippen LogP contribution is -2.18. The van der Waals surface area contributed by atoms with Crippen LogP contribution in [0.15, 0.2) is 18.2 Å². The molecule has 1 aromatic rings. The molecule has 2 nitrogen and oxygen atoms in total. The maximum Gasteiger partial charge on any atom is 0.128 e. The molecule has 0 bridgehead atoms. The Hall–Kier alpha value is -0.450. The first-order valence-corrected chi connectivity index (χ1v) is 6.89. The highest BCUT2D eigenvalue weighted by atomic mass is 35.5. The average molecular weight is 264 g/mol. The lowest BCUT2D eigenvalue weighted by molar-refractivity contribution is 0.612. The third-order valence-electron chi connectivity index (χ3n) is 2.24. The molecule has 0 saturated carbocycles. The summed E-state index contributed by atoms with van der Waals surface area (Å²) in [5.74, 6) is 0.393. The minimum absolute atomic E-state index is 0.149. The first-order valence-electron chi connectivity index (χ1n) is 5.02. The van der Waals surface area contributed by atoms with E-state index in [0.717, 1.165) is 0 Å². The summed E-state index contributed by atoms with van der Waals surface area (Å²) in [6, 6.07) is 4.46. The quantitative estimate of drug-likeness (QED) is 0.886. The highest BCUT2D eigenvalue weighted by Gasteiger charge is 2.12. The summed E-state index contributed by atoms with van der Waals surface area (Å²) in [6.07, 6.45) is 0. The molecule has 0 aromatic heterocycles. The Bertz CT molecular complexity index is 366. The highest BCUT2D eigenvalue weighted by molar-refractivity contribution is 7.84. The number of rotatable bonds is 5. The van der Waals surface area contributed by atoms with Crippen LogP contribution in [0.4, 0.5) is 4.39 Å². The smallest absolute Gasteiger partial charge is 0.128 e. The molecule has 5 heteroatoms. The van der Waals surface area contributed by atoms with Crippen LogP contribution in [-0.2, 0) is 16.6 Å². The van der Waals surface area contributed by atoms with Crippen LogP contribution in [0, 0.1) is 11.7 Å². The molecule has 0 amide bonds. The van der Waals surface area contributed by atoms with E-state index in [-0.39, 0.29) is 11.7 Å². The molecule has 0 aliphatic rings. The van der Waals surface area contributed by atoms with Gasteiger partial charge in [-0.15, -0.1) is 0 Å². The molecular weight excluding hydrogens is 249 g/mol. The van der Waals surface area contributed by atoms with Gasteiger partial charge in [-0.3, -0.25) is 4.21 Å². The number of hydrogen-bond donors (Lipinski definition) is 1.